The third-order valence-corrected chi connectivity index (χ3v) is 4.18. The molecule has 1 saturated carbocycles. The van der Waals surface area contributed by atoms with Crippen LogP contribution >= 0.6 is 0 Å². The number of benzene rings is 1. The molecule has 6 heteroatoms. The molecule has 0 N–H and O–H groups in total. The molecular weight excluding hydrogens is 286 g/mol. The number of fused-ring (bicyclic) bond motifs is 1. The second kappa shape index (κ2) is 5.71. The highest BCUT2D eigenvalue weighted by atomic mass is 16.6. The molecule has 0 spiro atoms. The van der Waals surface area contributed by atoms with Gasteiger partial charge in [0.1, 0.15) is 11.7 Å². The van der Waals surface area contributed by atoms with Crippen LogP contribution in [0.2, 0.25) is 0 Å². The number of Topliss-reactive ketones (excluding diaryl/α,β-unsaturated/α-hetero) is 1. The molecule has 3 rings (SSSR count). The molecule has 22 heavy (non-hydrogen) atoms. The fraction of sp³-hybridized carbons (Fsp3) is 0.375. The molecule has 0 radical (unpaired) electrons. The molecule has 0 aromatic heterocycles. The Bertz CT molecular complexity index is 679. The van der Waals surface area contributed by atoms with Gasteiger partial charge in [-0.2, -0.15) is 0 Å². The van der Waals surface area contributed by atoms with Gasteiger partial charge < -0.3 is 4.74 Å². The summed E-state index contributed by atoms with van der Waals surface area (Å²) in [6, 6.07) is 5.83. The monoisotopic (exact) mass is 301 g/mol. The van der Waals surface area contributed by atoms with E-state index in [0.717, 1.165) is 25.7 Å². The van der Waals surface area contributed by atoms with Crippen LogP contribution in [0.25, 0.3) is 6.08 Å². The molecule has 1 aliphatic carbocycles. The van der Waals surface area contributed by atoms with Crippen molar-refractivity contribution >= 4 is 23.5 Å². The van der Waals surface area contributed by atoms with Crippen LogP contribution in [0.5, 0.6) is 0 Å². The summed E-state index contributed by atoms with van der Waals surface area (Å²) in [5.74, 6) is -1.09. The molecular formula is C16H15NO5. The highest BCUT2D eigenvalue weighted by molar-refractivity contribution is 6.22. The predicted octanol–water partition coefficient (Wildman–Crippen LogP) is 2.66. The first-order valence-corrected chi connectivity index (χ1v) is 7.27. The SMILES string of the molecule is O=C1OC2CCCCC2C(=O)/C1=C/c1cccc([N+](=O)[O-])c1. The zero-order valence-electron chi connectivity index (χ0n) is 11.9. The third kappa shape index (κ3) is 2.64. The minimum Gasteiger partial charge on any atom is -0.458 e. The molecule has 0 bridgehead atoms. The second-order valence-electron chi connectivity index (χ2n) is 5.61. The number of nitro benzene ring substituents is 1. The summed E-state index contributed by atoms with van der Waals surface area (Å²) in [5, 5.41) is 10.8. The fourth-order valence-electron chi connectivity index (χ4n) is 3.06. The summed E-state index contributed by atoms with van der Waals surface area (Å²) in [4.78, 5) is 34.8. The summed E-state index contributed by atoms with van der Waals surface area (Å²) >= 11 is 0. The van der Waals surface area contributed by atoms with E-state index < -0.39 is 10.9 Å². The lowest BCUT2D eigenvalue weighted by Gasteiger charge is -2.34. The van der Waals surface area contributed by atoms with Crippen LogP contribution in [0.4, 0.5) is 5.69 Å². The van der Waals surface area contributed by atoms with Gasteiger partial charge in [-0.3, -0.25) is 14.9 Å². The number of ether oxygens (including phenoxy) is 1. The normalized spacial score (nSPS) is 26.5. The number of carbonyl (C=O) groups excluding carboxylic acids is 2. The quantitative estimate of drug-likeness (QED) is 0.275. The summed E-state index contributed by atoms with van der Waals surface area (Å²) in [7, 11) is 0. The average Bonchev–Trinajstić information content (AvgIpc) is 2.52. The van der Waals surface area contributed by atoms with Gasteiger partial charge in [0, 0.05) is 12.1 Å². The number of esters is 1. The minimum atomic E-state index is -0.625. The Morgan fingerprint density at radius 2 is 2.00 bits per heavy atom. The Labute approximate surface area is 126 Å². The van der Waals surface area contributed by atoms with Crippen LogP contribution in [-0.4, -0.2) is 22.8 Å². The number of carbonyl (C=O) groups is 2. The van der Waals surface area contributed by atoms with E-state index in [-0.39, 0.29) is 29.1 Å². The van der Waals surface area contributed by atoms with Gasteiger partial charge in [0.2, 0.25) is 0 Å². The molecule has 2 unspecified atom stereocenters. The van der Waals surface area contributed by atoms with Crippen molar-refractivity contribution in [2.24, 2.45) is 5.92 Å². The standard InChI is InChI=1S/C16H15NO5/c18-15-12-6-1-2-7-14(12)22-16(19)13(15)9-10-4-3-5-11(8-10)17(20)21/h3-5,8-9,12,14H,1-2,6-7H2/b13-9-. The highest BCUT2D eigenvalue weighted by Gasteiger charge is 2.42. The molecule has 114 valence electrons. The predicted molar refractivity (Wildman–Crippen MR) is 77.9 cm³/mol. The van der Waals surface area contributed by atoms with Crippen molar-refractivity contribution < 1.29 is 19.2 Å². The number of ketones is 1. The summed E-state index contributed by atoms with van der Waals surface area (Å²) in [6.45, 7) is 0. The summed E-state index contributed by atoms with van der Waals surface area (Å²) < 4.78 is 5.36. The smallest absolute Gasteiger partial charge is 0.342 e. The Morgan fingerprint density at radius 3 is 2.77 bits per heavy atom. The van der Waals surface area contributed by atoms with Crippen molar-refractivity contribution in [2.45, 2.75) is 31.8 Å². The van der Waals surface area contributed by atoms with Gasteiger partial charge in [-0.15, -0.1) is 0 Å². The van der Waals surface area contributed by atoms with Crippen LogP contribution in [0.15, 0.2) is 29.8 Å². The summed E-state index contributed by atoms with van der Waals surface area (Å²) in [5.41, 5.74) is 0.355. The van der Waals surface area contributed by atoms with E-state index in [0.29, 0.717) is 5.56 Å². The molecule has 0 amide bonds. The second-order valence-corrected chi connectivity index (χ2v) is 5.61. The minimum absolute atomic E-state index is 0.0105. The third-order valence-electron chi connectivity index (χ3n) is 4.18. The van der Waals surface area contributed by atoms with E-state index in [1.807, 2.05) is 0 Å². The highest BCUT2D eigenvalue weighted by Crippen LogP contribution is 2.34. The topological polar surface area (TPSA) is 86.5 Å². The lowest BCUT2D eigenvalue weighted by molar-refractivity contribution is -0.384. The van der Waals surface area contributed by atoms with Crippen LogP contribution < -0.4 is 0 Å². The van der Waals surface area contributed by atoms with Crippen LogP contribution in [0.1, 0.15) is 31.2 Å². The fourth-order valence-corrected chi connectivity index (χ4v) is 3.06. The summed E-state index contributed by atoms with van der Waals surface area (Å²) in [6.07, 6.45) is 4.45. The van der Waals surface area contributed by atoms with Gasteiger partial charge in [-0.25, -0.2) is 4.79 Å². The molecule has 1 aliphatic heterocycles. The van der Waals surface area contributed by atoms with Gasteiger partial charge in [0.05, 0.1) is 10.8 Å². The zero-order valence-corrected chi connectivity index (χ0v) is 11.9. The largest absolute Gasteiger partial charge is 0.458 e. The maximum absolute atomic E-state index is 12.5. The molecule has 2 aliphatic rings. The van der Waals surface area contributed by atoms with Crippen molar-refractivity contribution in [2.75, 3.05) is 0 Å². The van der Waals surface area contributed by atoms with Crippen LogP contribution in [0, 0.1) is 16.0 Å². The number of hydrogen-bond donors (Lipinski definition) is 0. The molecule has 1 heterocycles. The first kappa shape index (κ1) is 14.4. The van der Waals surface area contributed by atoms with Gasteiger partial charge in [0.25, 0.3) is 5.69 Å². The average molecular weight is 301 g/mol. The molecule has 2 fully saturated rings. The van der Waals surface area contributed by atoms with E-state index in [1.54, 1.807) is 6.07 Å². The zero-order chi connectivity index (χ0) is 15.7. The van der Waals surface area contributed by atoms with E-state index in [2.05, 4.69) is 0 Å². The first-order chi connectivity index (χ1) is 10.6. The van der Waals surface area contributed by atoms with Gasteiger partial charge in [-0.1, -0.05) is 18.6 Å². The van der Waals surface area contributed by atoms with Crippen LogP contribution in [0.3, 0.4) is 0 Å². The number of hydrogen-bond acceptors (Lipinski definition) is 5. The van der Waals surface area contributed by atoms with Gasteiger partial charge in [0.15, 0.2) is 5.78 Å². The van der Waals surface area contributed by atoms with Gasteiger partial charge in [-0.05, 0) is 30.9 Å². The van der Waals surface area contributed by atoms with E-state index >= 15 is 0 Å². The lowest BCUT2D eigenvalue weighted by Crippen LogP contribution is -2.42. The van der Waals surface area contributed by atoms with Gasteiger partial charge >= 0.3 is 5.97 Å². The van der Waals surface area contributed by atoms with E-state index in [9.17, 15) is 19.7 Å². The number of nitrogens with zero attached hydrogens (tertiary/aromatic N) is 1. The molecule has 2 atom stereocenters. The van der Waals surface area contributed by atoms with Crippen molar-refractivity contribution in [1.82, 2.24) is 0 Å². The van der Waals surface area contributed by atoms with E-state index in [4.69, 9.17) is 4.74 Å². The number of non-ortho nitro benzene ring substituents is 1. The molecule has 1 aromatic carbocycles. The van der Waals surface area contributed by atoms with Crippen molar-refractivity contribution in [3.8, 4) is 0 Å². The number of nitro groups is 1. The van der Waals surface area contributed by atoms with Crippen molar-refractivity contribution in [1.29, 1.82) is 0 Å². The van der Waals surface area contributed by atoms with E-state index in [1.165, 1.54) is 24.3 Å². The number of rotatable bonds is 2. The lowest BCUT2D eigenvalue weighted by atomic mass is 9.79. The van der Waals surface area contributed by atoms with Crippen molar-refractivity contribution in [3.63, 3.8) is 0 Å². The molecule has 6 nitrogen and oxygen atoms in total. The molecule has 1 saturated heterocycles. The molecule has 1 aromatic rings. The maximum Gasteiger partial charge on any atom is 0.342 e. The Hall–Kier alpha value is -2.50. The Balaban J connectivity index is 1.92. The Morgan fingerprint density at radius 1 is 1.23 bits per heavy atom. The van der Waals surface area contributed by atoms with Crippen molar-refractivity contribution in [3.05, 3.63) is 45.5 Å². The maximum atomic E-state index is 12.5. The Kier molecular flexibility index (Phi) is 3.75. The first-order valence-electron chi connectivity index (χ1n) is 7.27. The van der Waals surface area contributed by atoms with Crippen LogP contribution in [-0.2, 0) is 14.3 Å².